The zero-order valence-electron chi connectivity index (χ0n) is 11.8. The Kier molecular flexibility index (Phi) is 4.62. The Hall–Kier alpha value is -2.60. The van der Waals surface area contributed by atoms with Crippen molar-refractivity contribution in [3.05, 3.63) is 36.4 Å². The molecule has 2 aromatic rings. The summed E-state index contributed by atoms with van der Waals surface area (Å²) in [4.78, 5) is 27.9. The van der Waals surface area contributed by atoms with Crippen molar-refractivity contribution >= 4 is 53.2 Å². The van der Waals surface area contributed by atoms with E-state index in [2.05, 4.69) is 15.6 Å². The number of anilines is 1. The lowest BCUT2D eigenvalue weighted by molar-refractivity contribution is -0.112. The van der Waals surface area contributed by atoms with Gasteiger partial charge in [0.05, 0.1) is 11.4 Å². The average molecular weight is 319 g/mol. The first-order valence-corrected chi connectivity index (χ1v) is 6.52. The first kappa shape index (κ1) is 15.8. The average Bonchev–Trinajstić information content (AvgIpc) is 2.48. The van der Waals surface area contributed by atoms with Crippen LogP contribution in [0, 0.1) is 0 Å². The molecule has 114 valence electrons. The van der Waals surface area contributed by atoms with Gasteiger partial charge in [-0.3, -0.25) is 14.5 Å². The van der Waals surface area contributed by atoms with Gasteiger partial charge in [-0.1, -0.05) is 24.3 Å². The third kappa shape index (κ3) is 2.48. The summed E-state index contributed by atoms with van der Waals surface area (Å²) in [6.07, 6.45) is 0.423. The number of nitrogens with zero attached hydrogens (tertiary/aromatic N) is 2. The summed E-state index contributed by atoms with van der Waals surface area (Å²) in [7, 11) is 0. The fraction of sp³-hybridized carbons (Fsp3) is 0.133. The second kappa shape index (κ2) is 6.44. The predicted molar refractivity (Wildman–Crippen MR) is 88.6 cm³/mol. The number of amides is 2. The Morgan fingerprint density at radius 3 is 2.36 bits per heavy atom. The highest BCUT2D eigenvalue weighted by atomic mass is 35.5. The van der Waals surface area contributed by atoms with E-state index in [0.717, 1.165) is 22.1 Å². The molecule has 7 heteroatoms. The number of aliphatic imine (C=N–C) groups is 1. The molecule has 0 radical (unpaired) electrons. The molecule has 22 heavy (non-hydrogen) atoms. The minimum atomic E-state index is -0.678. The number of benzene rings is 2. The highest BCUT2D eigenvalue weighted by Crippen LogP contribution is 2.38. The van der Waals surface area contributed by atoms with Crippen molar-refractivity contribution in [1.82, 2.24) is 10.6 Å². The molecule has 1 aliphatic heterocycles. The zero-order valence-corrected chi connectivity index (χ0v) is 12.6. The van der Waals surface area contributed by atoms with Crippen LogP contribution in [0.3, 0.4) is 0 Å². The van der Waals surface area contributed by atoms with Crippen LogP contribution in [0.25, 0.3) is 10.8 Å². The summed E-state index contributed by atoms with van der Waals surface area (Å²) in [5.74, 6) is 0.690. The number of rotatable bonds is 5. The van der Waals surface area contributed by atoms with Gasteiger partial charge in [0.15, 0.2) is 6.29 Å². The molecule has 1 aliphatic rings. The Bertz CT molecular complexity index is 732. The second-order valence-corrected chi connectivity index (χ2v) is 4.65. The lowest BCUT2D eigenvalue weighted by Gasteiger charge is -2.35. The Morgan fingerprint density at radius 2 is 1.73 bits per heavy atom. The van der Waals surface area contributed by atoms with E-state index in [9.17, 15) is 9.59 Å². The van der Waals surface area contributed by atoms with E-state index < -0.39 is 6.29 Å². The van der Waals surface area contributed by atoms with Crippen LogP contribution in [-0.4, -0.2) is 24.9 Å². The molecule has 0 fully saturated rings. The van der Waals surface area contributed by atoms with E-state index in [-0.39, 0.29) is 12.4 Å². The van der Waals surface area contributed by atoms with Crippen molar-refractivity contribution in [1.29, 1.82) is 0 Å². The van der Waals surface area contributed by atoms with E-state index in [1.807, 2.05) is 43.3 Å². The van der Waals surface area contributed by atoms with E-state index >= 15 is 0 Å². The number of hydrogen-bond donors (Lipinski definition) is 2. The van der Waals surface area contributed by atoms with Crippen LogP contribution in [0.2, 0.25) is 0 Å². The molecular weight excluding hydrogens is 304 g/mol. The summed E-state index contributed by atoms with van der Waals surface area (Å²) < 4.78 is 0. The van der Waals surface area contributed by atoms with E-state index in [4.69, 9.17) is 0 Å². The van der Waals surface area contributed by atoms with E-state index in [0.29, 0.717) is 18.7 Å². The number of nitrogens with one attached hydrogen (secondary N) is 2. The van der Waals surface area contributed by atoms with Crippen molar-refractivity contribution in [3.8, 4) is 0 Å². The van der Waals surface area contributed by atoms with Gasteiger partial charge in [0, 0.05) is 5.39 Å². The minimum absolute atomic E-state index is 0. The summed E-state index contributed by atoms with van der Waals surface area (Å²) in [6.45, 7) is 1.83. The van der Waals surface area contributed by atoms with E-state index in [1.54, 1.807) is 4.90 Å². The molecule has 2 N–H and O–H groups in total. The number of amidine groups is 1. The maximum Gasteiger partial charge on any atom is 0.210 e. The molecule has 2 aromatic carbocycles. The first-order valence-electron chi connectivity index (χ1n) is 6.52. The SMILES string of the molecule is CC1=Nc2cccc3cccc(c23)N1C(NC=O)NC=O.Cl. The Morgan fingerprint density at radius 1 is 1.09 bits per heavy atom. The molecule has 3 rings (SSSR count). The largest absolute Gasteiger partial charge is 0.321 e. The van der Waals surface area contributed by atoms with Crippen molar-refractivity contribution < 1.29 is 9.59 Å². The molecule has 2 amide bonds. The molecular formula is C15H15ClN4O2. The minimum Gasteiger partial charge on any atom is -0.321 e. The normalized spacial score (nSPS) is 12.5. The van der Waals surface area contributed by atoms with Crippen LogP contribution in [-0.2, 0) is 9.59 Å². The number of halogens is 1. The lowest BCUT2D eigenvalue weighted by Crippen LogP contribution is -2.56. The molecule has 0 unspecified atom stereocenters. The Labute approximate surface area is 133 Å². The Balaban J connectivity index is 0.00000176. The van der Waals surface area contributed by atoms with Crippen LogP contribution in [0.15, 0.2) is 41.4 Å². The molecule has 0 aliphatic carbocycles. The third-order valence-corrected chi connectivity index (χ3v) is 3.46. The summed E-state index contributed by atoms with van der Waals surface area (Å²) in [5, 5.41) is 7.21. The highest BCUT2D eigenvalue weighted by Gasteiger charge is 2.26. The molecule has 0 atom stereocenters. The van der Waals surface area contributed by atoms with Crippen LogP contribution in [0.5, 0.6) is 0 Å². The predicted octanol–water partition coefficient (Wildman–Crippen LogP) is 1.91. The quantitative estimate of drug-likeness (QED) is 0.653. The van der Waals surface area contributed by atoms with Crippen LogP contribution in [0.1, 0.15) is 6.92 Å². The fourth-order valence-electron chi connectivity index (χ4n) is 2.65. The number of carbonyl (C=O) groups excluding carboxylic acids is 2. The van der Waals surface area contributed by atoms with Crippen LogP contribution >= 0.6 is 12.4 Å². The van der Waals surface area contributed by atoms with Crippen molar-refractivity contribution in [3.63, 3.8) is 0 Å². The molecule has 0 saturated carbocycles. The zero-order chi connectivity index (χ0) is 14.8. The van der Waals surface area contributed by atoms with Gasteiger partial charge in [-0.2, -0.15) is 0 Å². The van der Waals surface area contributed by atoms with Crippen LogP contribution in [0.4, 0.5) is 11.4 Å². The summed E-state index contributed by atoms with van der Waals surface area (Å²) >= 11 is 0. The monoisotopic (exact) mass is 318 g/mol. The van der Waals surface area contributed by atoms with Crippen molar-refractivity contribution in [2.24, 2.45) is 4.99 Å². The first-order chi connectivity index (χ1) is 10.3. The molecule has 0 aromatic heterocycles. The van der Waals surface area contributed by atoms with Gasteiger partial charge in [0.2, 0.25) is 12.8 Å². The molecule has 0 spiro atoms. The van der Waals surface area contributed by atoms with Gasteiger partial charge in [-0.15, -0.1) is 12.4 Å². The number of hydrogen-bond acceptors (Lipinski definition) is 4. The maximum atomic E-state index is 10.8. The van der Waals surface area contributed by atoms with Gasteiger partial charge in [-0.05, 0) is 24.4 Å². The van der Waals surface area contributed by atoms with E-state index in [1.165, 1.54) is 0 Å². The summed E-state index contributed by atoms with van der Waals surface area (Å²) in [6, 6.07) is 11.8. The topological polar surface area (TPSA) is 73.8 Å². The van der Waals surface area contributed by atoms with Gasteiger partial charge in [0.1, 0.15) is 5.84 Å². The highest BCUT2D eigenvalue weighted by molar-refractivity contribution is 6.14. The molecule has 1 heterocycles. The second-order valence-electron chi connectivity index (χ2n) is 4.65. The van der Waals surface area contributed by atoms with Crippen molar-refractivity contribution in [2.75, 3.05) is 4.90 Å². The standard InChI is InChI=1S/C15H14N4O2.ClH/c1-10-18-12-6-2-4-11-5-3-7-13(14(11)12)19(10)15(16-8-20)17-9-21;/h2-9,15H,1H3,(H,16,20)(H,17,21);1H. The fourth-order valence-corrected chi connectivity index (χ4v) is 2.65. The third-order valence-electron chi connectivity index (χ3n) is 3.46. The summed E-state index contributed by atoms with van der Waals surface area (Å²) in [5.41, 5.74) is 1.78. The van der Waals surface area contributed by atoms with Gasteiger partial charge >= 0.3 is 0 Å². The molecule has 6 nitrogen and oxygen atoms in total. The van der Waals surface area contributed by atoms with Gasteiger partial charge in [0.25, 0.3) is 0 Å². The smallest absolute Gasteiger partial charge is 0.210 e. The number of carbonyl (C=O) groups is 2. The molecule has 0 bridgehead atoms. The van der Waals surface area contributed by atoms with Gasteiger partial charge in [-0.25, -0.2) is 4.99 Å². The van der Waals surface area contributed by atoms with Gasteiger partial charge < -0.3 is 10.6 Å². The maximum absolute atomic E-state index is 10.8. The molecule has 0 saturated heterocycles. The van der Waals surface area contributed by atoms with Crippen LogP contribution < -0.4 is 15.5 Å². The van der Waals surface area contributed by atoms with Crippen molar-refractivity contribution in [2.45, 2.75) is 13.2 Å². The lowest BCUT2D eigenvalue weighted by atomic mass is 10.0.